The normalized spacial score (nSPS) is 13.5. The summed E-state index contributed by atoms with van der Waals surface area (Å²) in [5.74, 6) is 0.0248. The van der Waals surface area contributed by atoms with E-state index >= 15 is 0 Å². The molecule has 0 spiro atoms. The van der Waals surface area contributed by atoms with Gasteiger partial charge in [-0.15, -0.1) is 0 Å². The molecule has 2 N–H and O–H groups in total. The summed E-state index contributed by atoms with van der Waals surface area (Å²) in [6, 6.07) is 7.78. The number of benzene rings is 1. The maximum Gasteiger partial charge on any atom is 0.224 e. The van der Waals surface area contributed by atoms with Gasteiger partial charge in [-0.2, -0.15) is 5.10 Å². The van der Waals surface area contributed by atoms with E-state index < -0.39 is 0 Å². The number of nitrogens with one attached hydrogen (secondary N) is 2. The lowest BCUT2D eigenvalue weighted by atomic mass is 10.1. The van der Waals surface area contributed by atoms with Crippen molar-refractivity contribution in [3.63, 3.8) is 0 Å². The Morgan fingerprint density at radius 3 is 2.62 bits per heavy atom. The van der Waals surface area contributed by atoms with Crippen LogP contribution in [0.5, 0.6) is 0 Å². The molecule has 7 nitrogen and oxygen atoms in total. The Bertz CT molecular complexity index is 678. The molecule has 1 aliphatic rings. The fraction of sp³-hybridized carbons (Fsp3) is 0.412. The maximum atomic E-state index is 11.9. The van der Waals surface area contributed by atoms with Gasteiger partial charge in [-0.05, 0) is 37.0 Å². The third-order valence-corrected chi connectivity index (χ3v) is 3.80. The molecule has 24 heavy (non-hydrogen) atoms. The molecule has 0 saturated heterocycles. The highest BCUT2D eigenvalue weighted by molar-refractivity contribution is 5.90. The van der Waals surface area contributed by atoms with Crippen LogP contribution in [0.1, 0.15) is 31.2 Å². The van der Waals surface area contributed by atoms with Crippen molar-refractivity contribution in [1.29, 1.82) is 0 Å². The van der Waals surface area contributed by atoms with Gasteiger partial charge in [-0.25, -0.2) is 4.98 Å². The van der Waals surface area contributed by atoms with Gasteiger partial charge in [0.2, 0.25) is 11.8 Å². The first-order valence-corrected chi connectivity index (χ1v) is 8.19. The molecule has 1 fully saturated rings. The number of carbonyl (C=O) groups excluding carboxylic acids is 2. The quantitative estimate of drug-likeness (QED) is 0.769. The van der Waals surface area contributed by atoms with Crippen LogP contribution < -0.4 is 10.6 Å². The van der Waals surface area contributed by atoms with E-state index in [0.29, 0.717) is 31.8 Å². The highest BCUT2D eigenvalue weighted by atomic mass is 16.2. The summed E-state index contributed by atoms with van der Waals surface area (Å²) in [5, 5.41) is 9.82. The summed E-state index contributed by atoms with van der Waals surface area (Å²) < 4.78 is 1.70. The Balaban J connectivity index is 1.39. The summed E-state index contributed by atoms with van der Waals surface area (Å²) in [6.45, 7) is 0.669. The molecule has 0 unspecified atom stereocenters. The zero-order valence-corrected chi connectivity index (χ0v) is 13.4. The van der Waals surface area contributed by atoms with Gasteiger partial charge in [-0.1, -0.05) is 12.1 Å². The van der Waals surface area contributed by atoms with Crippen LogP contribution in [-0.2, 0) is 22.6 Å². The van der Waals surface area contributed by atoms with Crippen molar-refractivity contribution in [3.05, 3.63) is 42.5 Å². The molecule has 1 heterocycles. The zero-order chi connectivity index (χ0) is 16.8. The monoisotopic (exact) mass is 327 g/mol. The lowest BCUT2D eigenvalue weighted by Crippen LogP contribution is -2.26. The van der Waals surface area contributed by atoms with Crippen LogP contribution in [0.4, 0.5) is 5.69 Å². The number of carbonyl (C=O) groups is 2. The van der Waals surface area contributed by atoms with Gasteiger partial charge in [0.25, 0.3) is 0 Å². The maximum absolute atomic E-state index is 11.9. The number of aryl methyl sites for hydroxylation is 1. The lowest BCUT2D eigenvalue weighted by molar-refractivity contribution is -0.120. The van der Waals surface area contributed by atoms with Crippen molar-refractivity contribution in [2.24, 2.45) is 0 Å². The van der Waals surface area contributed by atoms with Gasteiger partial charge in [0.1, 0.15) is 12.7 Å². The molecular formula is C17H21N5O2. The molecule has 1 saturated carbocycles. The number of aromatic nitrogens is 3. The van der Waals surface area contributed by atoms with E-state index in [1.54, 1.807) is 11.0 Å². The minimum Gasteiger partial charge on any atom is -0.353 e. The summed E-state index contributed by atoms with van der Waals surface area (Å²) in [6.07, 6.45) is 6.80. The fourth-order valence-corrected chi connectivity index (χ4v) is 2.37. The standard InChI is InChI=1S/C17H21N5O2/c23-16(2-1-9-22-12-18-11-19-22)20-14-5-3-13(4-6-14)10-17(24)21-15-7-8-15/h3-6,11-12,15H,1-2,7-10H2,(H,20,23)(H,21,24). The number of amides is 2. The van der Waals surface area contributed by atoms with Gasteiger partial charge in [0, 0.05) is 24.7 Å². The molecule has 2 aromatic rings. The molecule has 1 aliphatic carbocycles. The van der Waals surface area contributed by atoms with Crippen LogP contribution >= 0.6 is 0 Å². The van der Waals surface area contributed by atoms with Crippen molar-refractivity contribution in [1.82, 2.24) is 20.1 Å². The number of nitrogens with zero attached hydrogens (tertiary/aromatic N) is 3. The van der Waals surface area contributed by atoms with Gasteiger partial charge in [0.05, 0.1) is 6.42 Å². The van der Waals surface area contributed by atoms with E-state index in [2.05, 4.69) is 20.7 Å². The summed E-state index contributed by atoms with van der Waals surface area (Å²) in [4.78, 5) is 27.5. The van der Waals surface area contributed by atoms with Crippen molar-refractivity contribution in [2.45, 2.75) is 44.7 Å². The third-order valence-electron chi connectivity index (χ3n) is 3.80. The Hall–Kier alpha value is -2.70. The second-order valence-electron chi connectivity index (χ2n) is 6.03. The Kier molecular flexibility index (Phi) is 5.20. The smallest absolute Gasteiger partial charge is 0.224 e. The summed E-state index contributed by atoms with van der Waals surface area (Å²) in [5.41, 5.74) is 1.68. The van der Waals surface area contributed by atoms with E-state index in [4.69, 9.17) is 0 Å². The van der Waals surface area contributed by atoms with Crippen LogP contribution in [0, 0.1) is 0 Å². The van der Waals surface area contributed by atoms with Crippen LogP contribution in [0.2, 0.25) is 0 Å². The number of hydrogen-bond donors (Lipinski definition) is 2. The molecule has 2 amide bonds. The van der Waals surface area contributed by atoms with Crippen LogP contribution in [0.3, 0.4) is 0 Å². The van der Waals surface area contributed by atoms with Crippen LogP contribution in [0.25, 0.3) is 0 Å². The zero-order valence-electron chi connectivity index (χ0n) is 13.4. The Morgan fingerprint density at radius 1 is 1.17 bits per heavy atom. The topological polar surface area (TPSA) is 88.9 Å². The SMILES string of the molecule is O=C(CCCn1cncn1)Nc1ccc(CC(=O)NC2CC2)cc1. The first kappa shape index (κ1) is 16.2. The molecule has 3 rings (SSSR count). The minimum absolute atomic E-state index is 0.0330. The average molecular weight is 327 g/mol. The molecule has 7 heteroatoms. The largest absolute Gasteiger partial charge is 0.353 e. The molecule has 126 valence electrons. The Morgan fingerprint density at radius 2 is 1.96 bits per heavy atom. The average Bonchev–Trinajstić information content (AvgIpc) is 3.21. The summed E-state index contributed by atoms with van der Waals surface area (Å²) >= 11 is 0. The Labute approximate surface area is 140 Å². The second-order valence-corrected chi connectivity index (χ2v) is 6.03. The second kappa shape index (κ2) is 7.72. The number of anilines is 1. The van der Waals surface area contributed by atoms with Gasteiger partial charge in [-0.3, -0.25) is 14.3 Å². The molecular weight excluding hydrogens is 306 g/mol. The van der Waals surface area contributed by atoms with Crippen LogP contribution in [0.15, 0.2) is 36.9 Å². The predicted molar refractivity (Wildman–Crippen MR) is 89.2 cm³/mol. The molecule has 0 radical (unpaired) electrons. The third kappa shape index (κ3) is 5.19. The highest BCUT2D eigenvalue weighted by Crippen LogP contribution is 2.19. The van der Waals surface area contributed by atoms with Gasteiger partial charge in [0.15, 0.2) is 0 Å². The van der Waals surface area contributed by atoms with E-state index in [1.807, 2.05) is 24.3 Å². The predicted octanol–water partition coefficient (Wildman–Crippen LogP) is 1.52. The number of rotatable bonds is 8. The van der Waals surface area contributed by atoms with E-state index in [0.717, 1.165) is 24.1 Å². The van der Waals surface area contributed by atoms with Crippen LogP contribution in [-0.4, -0.2) is 32.6 Å². The van der Waals surface area contributed by atoms with E-state index in [1.165, 1.54) is 6.33 Å². The van der Waals surface area contributed by atoms with Crippen molar-refractivity contribution >= 4 is 17.5 Å². The summed E-state index contributed by atoms with van der Waals surface area (Å²) in [7, 11) is 0. The molecule has 0 aliphatic heterocycles. The first-order valence-electron chi connectivity index (χ1n) is 8.19. The first-order chi connectivity index (χ1) is 11.7. The minimum atomic E-state index is -0.0330. The van der Waals surface area contributed by atoms with Crippen molar-refractivity contribution in [3.8, 4) is 0 Å². The van der Waals surface area contributed by atoms with Gasteiger partial charge >= 0.3 is 0 Å². The fourth-order valence-electron chi connectivity index (χ4n) is 2.37. The van der Waals surface area contributed by atoms with E-state index in [9.17, 15) is 9.59 Å². The van der Waals surface area contributed by atoms with Crippen molar-refractivity contribution < 1.29 is 9.59 Å². The van der Waals surface area contributed by atoms with Gasteiger partial charge < -0.3 is 10.6 Å². The van der Waals surface area contributed by atoms with Crippen molar-refractivity contribution in [2.75, 3.05) is 5.32 Å². The molecule has 1 aromatic heterocycles. The molecule has 1 aromatic carbocycles. The molecule has 0 bridgehead atoms. The lowest BCUT2D eigenvalue weighted by Gasteiger charge is -2.07. The molecule has 0 atom stereocenters. The highest BCUT2D eigenvalue weighted by Gasteiger charge is 2.22. The van der Waals surface area contributed by atoms with E-state index in [-0.39, 0.29) is 11.8 Å². The number of hydrogen-bond acceptors (Lipinski definition) is 4.